The maximum Gasteiger partial charge on any atom is 0.137 e. The van der Waals surface area contributed by atoms with Crippen LogP contribution in [0, 0.1) is 0 Å². The molecular weight excluding hydrogens is 211 g/mol. The molecule has 72 valence electrons. The molecule has 0 aliphatic heterocycles. The summed E-state index contributed by atoms with van der Waals surface area (Å²) in [6.07, 6.45) is 0.596. The van der Waals surface area contributed by atoms with Crippen LogP contribution in [0.4, 0.5) is 0 Å². The normalized spacial score (nSPS) is 10.1. The fourth-order valence-corrected chi connectivity index (χ4v) is 1.30. The molecular formula is C9H10Cl2O2. The Bertz CT molecular complexity index is 276. The van der Waals surface area contributed by atoms with Crippen LogP contribution in [0.1, 0.15) is 6.42 Å². The molecule has 0 aromatic heterocycles. The fourth-order valence-electron chi connectivity index (χ4n) is 0.839. The molecule has 0 saturated carbocycles. The Hall–Kier alpha value is -0.440. The third-order valence-electron chi connectivity index (χ3n) is 1.45. The second kappa shape index (κ2) is 5.32. The van der Waals surface area contributed by atoms with Gasteiger partial charge < -0.3 is 9.84 Å². The molecule has 2 nitrogen and oxygen atoms in total. The lowest BCUT2D eigenvalue weighted by Crippen LogP contribution is -1.99. The van der Waals surface area contributed by atoms with Crippen molar-refractivity contribution in [3.8, 4) is 5.75 Å². The van der Waals surface area contributed by atoms with Gasteiger partial charge in [0.15, 0.2) is 0 Å². The first-order chi connectivity index (χ1) is 6.24. The van der Waals surface area contributed by atoms with Crippen molar-refractivity contribution < 1.29 is 9.84 Å². The van der Waals surface area contributed by atoms with Gasteiger partial charge >= 0.3 is 0 Å². The average Bonchev–Trinajstić information content (AvgIpc) is 2.09. The minimum Gasteiger partial charge on any atom is -0.492 e. The highest BCUT2D eigenvalue weighted by Crippen LogP contribution is 2.27. The van der Waals surface area contributed by atoms with Crippen molar-refractivity contribution in [2.24, 2.45) is 0 Å². The third-order valence-corrected chi connectivity index (χ3v) is 1.98. The van der Waals surface area contributed by atoms with Gasteiger partial charge in [-0.15, -0.1) is 0 Å². The minimum absolute atomic E-state index is 0.116. The van der Waals surface area contributed by atoms with Gasteiger partial charge in [-0.25, -0.2) is 0 Å². The van der Waals surface area contributed by atoms with E-state index < -0.39 is 0 Å². The summed E-state index contributed by atoms with van der Waals surface area (Å²) in [6.45, 7) is 0.572. The Morgan fingerprint density at radius 3 is 2.69 bits per heavy atom. The van der Waals surface area contributed by atoms with Gasteiger partial charge in [0, 0.05) is 18.1 Å². The van der Waals surface area contributed by atoms with Crippen molar-refractivity contribution in [1.29, 1.82) is 0 Å². The van der Waals surface area contributed by atoms with E-state index in [4.69, 9.17) is 33.0 Å². The summed E-state index contributed by atoms with van der Waals surface area (Å²) in [6, 6.07) is 5.04. The van der Waals surface area contributed by atoms with Gasteiger partial charge in [-0.2, -0.15) is 0 Å². The smallest absolute Gasteiger partial charge is 0.137 e. The predicted molar refractivity (Wildman–Crippen MR) is 53.7 cm³/mol. The topological polar surface area (TPSA) is 29.5 Å². The molecule has 0 aliphatic rings. The van der Waals surface area contributed by atoms with Crippen LogP contribution in [-0.4, -0.2) is 18.3 Å². The molecule has 1 aromatic carbocycles. The summed E-state index contributed by atoms with van der Waals surface area (Å²) in [5.74, 6) is 0.597. The van der Waals surface area contributed by atoms with Crippen LogP contribution in [0.5, 0.6) is 5.75 Å². The summed E-state index contributed by atoms with van der Waals surface area (Å²) in [5.41, 5.74) is 0. The molecule has 0 aliphatic carbocycles. The molecule has 0 radical (unpaired) electrons. The zero-order valence-corrected chi connectivity index (χ0v) is 8.48. The van der Waals surface area contributed by atoms with Crippen LogP contribution >= 0.6 is 23.2 Å². The van der Waals surface area contributed by atoms with Crippen molar-refractivity contribution >= 4 is 23.2 Å². The summed E-state index contributed by atoms with van der Waals surface area (Å²) < 4.78 is 5.28. The zero-order valence-electron chi connectivity index (χ0n) is 6.96. The van der Waals surface area contributed by atoms with Crippen molar-refractivity contribution in [1.82, 2.24) is 0 Å². The molecule has 0 saturated heterocycles. The lowest BCUT2D eigenvalue weighted by atomic mass is 10.3. The number of hydrogen-bond donors (Lipinski definition) is 1. The van der Waals surface area contributed by atoms with Crippen LogP contribution in [0.15, 0.2) is 18.2 Å². The summed E-state index contributed by atoms with van der Waals surface area (Å²) in [5, 5.41) is 9.60. The fraction of sp³-hybridized carbons (Fsp3) is 0.333. The summed E-state index contributed by atoms with van der Waals surface area (Å²) in [7, 11) is 0. The number of aliphatic hydroxyl groups excluding tert-OH is 1. The van der Waals surface area contributed by atoms with E-state index >= 15 is 0 Å². The molecule has 1 N–H and O–H groups in total. The van der Waals surface area contributed by atoms with Gasteiger partial charge in [0.1, 0.15) is 5.75 Å². The van der Waals surface area contributed by atoms with E-state index in [1.165, 1.54) is 0 Å². The first-order valence-corrected chi connectivity index (χ1v) is 4.68. The van der Waals surface area contributed by atoms with Crippen molar-refractivity contribution in [3.05, 3.63) is 28.2 Å². The number of benzene rings is 1. The van der Waals surface area contributed by atoms with E-state index in [0.29, 0.717) is 28.8 Å². The van der Waals surface area contributed by atoms with Gasteiger partial charge in [-0.05, 0) is 18.2 Å². The van der Waals surface area contributed by atoms with Crippen LogP contribution in [0.25, 0.3) is 0 Å². The van der Waals surface area contributed by atoms with E-state index in [-0.39, 0.29) is 6.61 Å². The van der Waals surface area contributed by atoms with Gasteiger partial charge in [0.2, 0.25) is 0 Å². The first kappa shape index (κ1) is 10.6. The monoisotopic (exact) mass is 220 g/mol. The zero-order chi connectivity index (χ0) is 9.68. The van der Waals surface area contributed by atoms with E-state index in [0.717, 1.165) is 0 Å². The van der Waals surface area contributed by atoms with Crippen molar-refractivity contribution in [2.45, 2.75) is 6.42 Å². The molecule has 0 unspecified atom stereocenters. The number of halogens is 2. The van der Waals surface area contributed by atoms with E-state index in [9.17, 15) is 0 Å². The molecule has 0 spiro atoms. The number of hydrogen-bond acceptors (Lipinski definition) is 2. The SMILES string of the molecule is OCCCOc1ccc(Cl)cc1Cl. The van der Waals surface area contributed by atoms with Gasteiger partial charge in [0.05, 0.1) is 11.6 Å². The second-order valence-electron chi connectivity index (χ2n) is 2.50. The van der Waals surface area contributed by atoms with E-state index in [2.05, 4.69) is 0 Å². The quantitative estimate of drug-likeness (QED) is 0.792. The maximum absolute atomic E-state index is 8.52. The molecule has 0 amide bonds. The molecule has 4 heteroatoms. The second-order valence-corrected chi connectivity index (χ2v) is 3.34. The largest absolute Gasteiger partial charge is 0.492 e. The summed E-state index contributed by atoms with van der Waals surface area (Å²) in [4.78, 5) is 0. The van der Waals surface area contributed by atoms with Crippen molar-refractivity contribution in [3.63, 3.8) is 0 Å². The Morgan fingerprint density at radius 2 is 2.08 bits per heavy atom. The van der Waals surface area contributed by atoms with Crippen LogP contribution in [0.2, 0.25) is 10.0 Å². The van der Waals surface area contributed by atoms with Gasteiger partial charge in [0.25, 0.3) is 0 Å². The lowest BCUT2D eigenvalue weighted by molar-refractivity contribution is 0.233. The van der Waals surface area contributed by atoms with Crippen LogP contribution < -0.4 is 4.74 Å². The maximum atomic E-state index is 8.52. The standard InChI is InChI=1S/C9H10Cl2O2/c10-7-2-3-9(8(11)6-7)13-5-1-4-12/h2-3,6,12H,1,4-5H2. The highest BCUT2D eigenvalue weighted by molar-refractivity contribution is 6.35. The molecule has 13 heavy (non-hydrogen) atoms. The minimum atomic E-state index is 0.116. The number of rotatable bonds is 4. The van der Waals surface area contributed by atoms with E-state index in [1.54, 1.807) is 18.2 Å². The molecule has 0 bridgehead atoms. The third kappa shape index (κ3) is 3.43. The van der Waals surface area contributed by atoms with Gasteiger partial charge in [-0.3, -0.25) is 0 Å². The lowest BCUT2D eigenvalue weighted by Gasteiger charge is -2.06. The Balaban J connectivity index is 2.56. The van der Waals surface area contributed by atoms with E-state index in [1.807, 2.05) is 0 Å². The van der Waals surface area contributed by atoms with Crippen LogP contribution in [-0.2, 0) is 0 Å². The molecule has 0 atom stereocenters. The highest BCUT2D eigenvalue weighted by Gasteiger charge is 2.01. The molecule has 0 fully saturated rings. The molecule has 1 aromatic rings. The van der Waals surface area contributed by atoms with Crippen molar-refractivity contribution in [2.75, 3.05) is 13.2 Å². The average molecular weight is 221 g/mol. The Kier molecular flexibility index (Phi) is 4.36. The molecule has 0 heterocycles. The number of aliphatic hydroxyl groups is 1. The van der Waals surface area contributed by atoms with Crippen LogP contribution in [0.3, 0.4) is 0 Å². The Labute approximate surface area is 87.0 Å². The predicted octanol–water partition coefficient (Wildman–Crippen LogP) is 2.75. The first-order valence-electron chi connectivity index (χ1n) is 3.93. The number of ether oxygens (including phenoxy) is 1. The summed E-state index contributed by atoms with van der Waals surface area (Å²) >= 11 is 11.5. The highest BCUT2D eigenvalue weighted by atomic mass is 35.5. The Morgan fingerprint density at radius 1 is 1.31 bits per heavy atom. The molecule has 1 rings (SSSR count). The van der Waals surface area contributed by atoms with Gasteiger partial charge in [-0.1, -0.05) is 23.2 Å².